The average Bonchev–Trinajstić information content (AvgIpc) is 3.49. The van der Waals surface area contributed by atoms with E-state index in [0.29, 0.717) is 12.5 Å². The number of fused-ring (bicyclic) bond motifs is 1. The molecule has 3 heterocycles. The van der Waals surface area contributed by atoms with E-state index in [0.717, 1.165) is 37.2 Å². The van der Waals surface area contributed by atoms with Crippen LogP contribution in [-0.4, -0.2) is 72.2 Å². The van der Waals surface area contributed by atoms with Crippen LogP contribution in [0.5, 0.6) is 5.88 Å². The van der Waals surface area contributed by atoms with Crippen molar-refractivity contribution >= 4 is 11.9 Å². The minimum Gasteiger partial charge on any atom is -0.475 e. The maximum absolute atomic E-state index is 10.6. The average molecular weight is 513 g/mol. The Morgan fingerprint density at radius 2 is 1.60 bits per heavy atom. The zero-order valence-electron chi connectivity index (χ0n) is 18.0. The number of aromatic nitrogens is 4. The molecule has 0 amide bonds. The Balaban J connectivity index is 0.000000257. The van der Waals surface area contributed by atoms with E-state index in [2.05, 4.69) is 24.6 Å². The molecular formula is C19H21F6N5O5. The SMILES string of the molecule is O=C(O)C(F)(F)F.O=C(O)C(F)(F)F.c1ccc(OCc2nnc3n2CCN(CC2CC2)C3)nc1. The van der Waals surface area contributed by atoms with E-state index in [-0.39, 0.29) is 0 Å². The number of alkyl halides is 6. The van der Waals surface area contributed by atoms with Gasteiger partial charge < -0.3 is 19.5 Å². The number of carbonyl (C=O) groups is 2. The van der Waals surface area contributed by atoms with Crippen LogP contribution in [0.15, 0.2) is 24.4 Å². The third-order valence-corrected chi connectivity index (χ3v) is 4.59. The summed E-state index contributed by atoms with van der Waals surface area (Å²) >= 11 is 0. The van der Waals surface area contributed by atoms with Gasteiger partial charge in [0.25, 0.3) is 0 Å². The quantitative estimate of drug-likeness (QED) is 0.580. The topological polar surface area (TPSA) is 131 Å². The summed E-state index contributed by atoms with van der Waals surface area (Å²) in [6, 6.07) is 5.64. The van der Waals surface area contributed by atoms with Gasteiger partial charge in [-0.2, -0.15) is 26.3 Å². The number of hydrogen-bond donors (Lipinski definition) is 2. The number of halogens is 6. The molecule has 2 aromatic heterocycles. The van der Waals surface area contributed by atoms with E-state index in [1.54, 1.807) is 6.20 Å². The van der Waals surface area contributed by atoms with Crippen LogP contribution >= 0.6 is 0 Å². The fraction of sp³-hybridized carbons (Fsp3) is 0.526. The van der Waals surface area contributed by atoms with Crippen LogP contribution in [-0.2, 0) is 29.3 Å². The van der Waals surface area contributed by atoms with Crippen molar-refractivity contribution < 1.29 is 50.9 Å². The van der Waals surface area contributed by atoms with Crippen LogP contribution in [0, 0.1) is 5.92 Å². The molecule has 2 aliphatic rings. The number of carboxylic acids is 2. The van der Waals surface area contributed by atoms with Crippen LogP contribution in [0.1, 0.15) is 24.5 Å². The fourth-order valence-corrected chi connectivity index (χ4v) is 2.77. The van der Waals surface area contributed by atoms with Gasteiger partial charge in [0.15, 0.2) is 5.82 Å². The number of nitrogens with zero attached hydrogens (tertiary/aromatic N) is 5. The predicted molar refractivity (Wildman–Crippen MR) is 104 cm³/mol. The fourth-order valence-electron chi connectivity index (χ4n) is 2.77. The molecule has 0 spiro atoms. The molecule has 1 saturated carbocycles. The van der Waals surface area contributed by atoms with Gasteiger partial charge in [-0.25, -0.2) is 14.6 Å². The smallest absolute Gasteiger partial charge is 0.475 e. The summed E-state index contributed by atoms with van der Waals surface area (Å²) in [4.78, 5) is 24.4. The van der Waals surface area contributed by atoms with Crippen molar-refractivity contribution in [2.24, 2.45) is 5.92 Å². The van der Waals surface area contributed by atoms with Crippen molar-refractivity contribution in [1.82, 2.24) is 24.6 Å². The molecule has 194 valence electrons. The molecule has 0 aromatic carbocycles. The highest BCUT2D eigenvalue weighted by Gasteiger charge is 2.38. The molecule has 0 saturated heterocycles. The van der Waals surface area contributed by atoms with Gasteiger partial charge in [0.2, 0.25) is 5.88 Å². The number of carboxylic acid groups (broad SMARTS) is 2. The number of rotatable bonds is 5. The summed E-state index contributed by atoms with van der Waals surface area (Å²) in [5.41, 5.74) is 0. The predicted octanol–water partition coefficient (Wildman–Crippen LogP) is 2.74. The van der Waals surface area contributed by atoms with Crippen molar-refractivity contribution in [2.75, 3.05) is 13.1 Å². The van der Waals surface area contributed by atoms with Crippen LogP contribution in [0.3, 0.4) is 0 Å². The Bertz CT molecular complexity index is 955. The zero-order valence-corrected chi connectivity index (χ0v) is 18.0. The van der Waals surface area contributed by atoms with Crippen molar-refractivity contribution in [1.29, 1.82) is 0 Å². The van der Waals surface area contributed by atoms with Gasteiger partial charge in [0, 0.05) is 31.9 Å². The lowest BCUT2D eigenvalue weighted by molar-refractivity contribution is -0.193. The minimum atomic E-state index is -5.08. The first-order valence-corrected chi connectivity index (χ1v) is 10.0. The van der Waals surface area contributed by atoms with Crippen LogP contribution < -0.4 is 4.74 Å². The molecular weight excluding hydrogens is 492 g/mol. The normalized spacial score (nSPS) is 15.6. The molecule has 16 heteroatoms. The molecule has 4 rings (SSSR count). The molecule has 1 aliphatic carbocycles. The summed E-state index contributed by atoms with van der Waals surface area (Å²) in [7, 11) is 0. The molecule has 1 aliphatic heterocycles. The van der Waals surface area contributed by atoms with Gasteiger partial charge in [0.1, 0.15) is 12.4 Å². The first-order valence-electron chi connectivity index (χ1n) is 10.0. The molecule has 2 aromatic rings. The molecule has 1 fully saturated rings. The highest BCUT2D eigenvalue weighted by molar-refractivity contribution is 5.73. The van der Waals surface area contributed by atoms with Crippen molar-refractivity contribution in [3.8, 4) is 5.88 Å². The highest BCUT2D eigenvalue weighted by Crippen LogP contribution is 2.30. The second kappa shape index (κ2) is 11.8. The van der Waals surface area contributed by atoms with Gasteiger partial charge >= 0.3 is 24.3 Å². The molecule has 0 unspecified atom stereocenters. The lowest BCUT2D eigenvalue weighted by atomic mass is 10.3. The molecule has 10 nitrogen and oxygen atoms in total. The molecule has 0 radical (unpaired) electrons. The Labute approximate surface area is 194 Å². The Hall–Kier alpha value is -3.43. The van der Waals surface area contributed by atoms with Crippen LogP contribution in [0.25, 0.3) is 0 Å². The lowest BCUT2D eigenvalue weighted by Crippen LogP contribution is -2.35. The number of hydrogen-bond acceptors (Lipinski definition) is 7. The van der Waals surface area contributed by atoms with Gasteiger partial charge in [-0.3, -0.25) is 4.90 Å². The number of ether oxygens (including phenoxy) is 1. The Morgan fingerprint density at radius 1 is 1.00 bits per heavy atom. The summed E-state index contributed by atoms with van der Waals surface area (Å²) in [5, 5.41) is 22.8. The number of pyridine rings is 1. The molecule has 35 heavy (non-hydrogen) atoms. The standard InChI is InChI=1S/C15H19N5O.2C2HF3O2/c1-2-6-16-15(3-1)21-11-14-18-17-13-10-19(7-8-20(13)14)9-12-4-5-12;2*3-2(4,5)1(6)7/h1-3,6,12H,4-5,7-11H2;2*(H,6,7). The molecule has 0 atom stereocenters. The maximum atomic E-state index is 10.6. The summed E-state index contributed by atoms with van der Waals surface area (Å²) in [6.45, 7) is 4.58. The third kappa shape index (κ3) is 9.76. The Kier molecular flexibility index (Phi) is 9.39. The lowest BCUT2D eigenvalue weighted by Gasteiger charge is -2.27. The second-order valence-corrected chi connectivity index (χ2v) is 7.43. The molecule has 0 bridgehead atoms. The van der Waals surface area contributed by atoms with Crippen molar-refractivity contribution in [2.45, 2.75) is 44.9 Å². The van der Waals surface area contributed by atoms with Crippen LogP contribution in [0.4, 0.5) is 26.3 Å². The van der Waals surface area contributed by atoms with Gasteiger partial charge in [0.05, 0.1) is 6.54 Å². The summed E-state index contributed by atoms with van der Waals surface area (Å²) in [6.07, 6.45) is -5.65. The summed E-state index contributed by atoms with van der Waals surface area (Å²) < 4.78 is 71.3. The zero-order chi connectivity index (χ0) is 26.2. The van der Waals surface area contributed by atoms with E-state index in [1.807, 2.05) is 18.2 Å². The van der Waals surface area contributed by atoms with Crippen LogP contribution in [0.2, 0.25) is 0 Å². The van der Waals surface area contributed by atoms with Gasteiger partial charge in [-0.1, -0.05) is 6.07 Å². The first-order chi connectivity index (χ1) is 16.3. The van der Waals surface area contributed by atoms with E-state index in [4.69, 9.17) is 24.5 Å². The summed E-state index contributed by atoms with van der Waals surface area (Å²) in [5.74, 6) is -2.02. The minimum absolute atomic E-state index is 0.423. The van der Waals surface area contributed by atoms with Gasteiger partial charge in [-0.05, 0) is 24.8 Å². The first kappa shape index (κ1) is 27.8. The maximum Gasteiger partial charge on any atom is 0.490 e. The second-order valence-electron chi connectivity index (χ2n) is 7.43. The van der Waals surface area contributed by atoms with E-state index < -0.39 is 24.3 Å². The van der Waals surface area contributed by atoms with E-state index in [1.165, 1.54) is 19.4 Å². The highest BCUT2D eigenvalue weighted by atomic mass is 19.4. The monoisotopic (exact) mass is 513 g/mol. The molecule has 2 N–H and O–H groups in total. The third-order valence-electron chi connectivity index (χ3n) is 4.59. The van der Waals surface area contributed by atoms with Crippen molar-refractivity contribution in [3.63, 3.8) is 0 Å². The van der Waals surface area contributed by atoms with E-state index in [9.17, 15) is 26.3 Å². The Morgan fingerprint density at radius 3 is 2.09 bits per heavy atom. The van der Waals surface area contributed by atoms with Crippen molar-refractivity contribution in [3.05, 3.63) is 36.0 Å². The number of aliphatic carboxylic acids is 2. The largest absolute Gasteiger partial charge is 0.490 e. The van der Waals surface area contributed by atoms with Gasteiger partial charge in [-0.15, -0.1) is 10.2 Å². The van der Waals surface area contributed by atoms with E-state index >= 15 is 0 Å².